The topological polar surface area (TPSA) is 120 Å². The van der Waals surface area contributed by atoms with Gasteiger partial charge in [0.15, 0.2) is 0 Å². The molecule has 1 heterocycles. The summed E-state index contributed by atoms with van der Waals surface area (Å²) in [6.07, 6.45) is 8.49. The average Bonchev–Trinajstić information content (AvgIpc) is 2.74. The molecule has 0 saturated heterocycles. The summed E-state index contributed by atoms with van der Waals surface area (Å²) in [5.74, 6) is -0.198. The molecule has 1 aliphatic rings. The largest absolute Gasteiger partial charge is 0.461 e. The number of pyridine rings is 1. The Morgan fingerprint density at radius 1 is 1.23 bits per heavy atom. The fourth-order valence-electron chi connectivity index (χ4n) is 3.04. The standard InChI is InChI=1S/C15H18N2O2.C8H10O3S/c1-2-14(18)19-11-12-6-5-8-15(16,10-12)13-7-3-4-9-17-13;1-6-4-3-5-8(7(6)2)12(9,10)11/h3-9H,2,10-11,16H2,1H3;3-5H,1-2H3,(H,9,10,11). The summed E-state index contributed by atoms with van der Waals surface area (Å²) in [5.41, 5.74) is 9.02. The Morgan fingerprint density at radius 3 is 2.55 bits per heavy atom. The van der Waals surface area contributed by atoms with Gasteiger partial charge in [0.2, 0.25) is 0 Å². The molecule has 1 aliphatic carbocycles. The molecule has 1 aromatic carbocycles. The second-order valence-electron chi connectivity index (χ2n) is 7.30. The molecule has 1 unspecified atom stereocenters. The van der Waals surface area contributed by atoms with Gasteiger partial charge in [-0.15, -0.1) is 0 Å². The van der Waals surface area contributed by atoms with Crippen LogP contribution in [-0.4, -0.2) is 30.5 Å². The normalized spacial score (nSPS) is 17.9. The molecule has 3 rings (SSSR count). The van der Waals surface area contributed by atoms with Crippen molar-refractivity contribution in [2.45, 2.75) is 44.0 Å². The number of hydrogen-bond donors (Lipinski definition) is 2. The van der Waals surface area contributed by atoms with Crippen molar-refractivity contribution in [3.05, 3.63) is 83.2 Å². The minimum atomic E-state index is -4.06. The third-order valence-electron chi connectivity index (χ3n) is 4.93. The summed E-state index contributed by atoms with van der Waals surface area (Å²) in [7, 11) is -4.06. The van der Waals surface area contributed by atoms with Crippen molar-refractivity contribution in [2.75, 3.05) is 6.61 Å². The van der Waals surface area contributed by atoms with E-state index in [9.17, 15) is 13.2 Å². The zero-order valence-corrected chi connectivity index (χ0v) is 18.7. The van der Waals surface area contributed by atoms with Crippen molar-refractivity contribution in [2.24, 2.45) is 5.73 Å². The maximum atomic E-state index is 11.2. The summed E-state index contributed by atoms with van der Waals surface area (Å²) >= 11 is 0. The molecule has 3 N–H and O–H groups in total. The number of nitrogens with two attached hydrogens (primary N) is 1. The molecule has 0 aliphatic heterocycles. The molecular weight excluding hydrogens is 416 g/mol. The molecule has 1 atom stereocenters. The van der Waals surface area contributed by atoms with Crippen molar-refractivity contribution < 1.29 is 22.5 Å². The van der Waals surface area contributed by atoms with Crippen molar-refractivity contribution in [1.29, 1.82) is 0 Å². The summed E-state index contributed by atoms with van der Waals surface area (Å²) in [6, 6.07) is 10.5. The molecule has 0 saturated carbocycles. The van der Waals surface area contributed by atoms with Crippen LogP contribution in [-0.2, 0) is 25.2 Å². The first-order chi connectivity index (χ1) is 14.6. The van der Waals surface area contributed by atoms with Crippen LogP contribution in [0.5, 0.6) is 0 Å². The number of carbonyl (C=O) groups excluding carboxylic acids is 1. The number of hydrogen-bond acceptors (Lipinski definition) is 6. The number of esters is 1. The fraction of sp³-hybridized carbons (Fsp3) is 0.304. The monoisotopic (exact) mass is 444 g/mol. The van der Waals surface area contributed by atoms with Crippen molar-refractivity contribution in [3.63, 3.8) is 0 Å². The van der Waals surface area contributed by atoms with E-state index in [1.165, 1.54) is 6.07 Å². The summed E-state index contributed by atoms with van der Waals surface area (Å²) < 4.78 is 35.4. The van der Waals surface area contributed by atoms with E-state index in [2.05, 4.69) is 4.98 Å². The van der Waals surface area contributed by atoms with Gasteiger partial charge in [-0.25, -0.2) is 0 Å². The Hall–Kier alpha value is -2.81. The van der Waals surface area contributed by atoms with E-state index >= 15 is 0 Å². The summed E-state index contributed by atoms with van der Waals surface area (Å²) in [4.78, 5) is 15.5. The quantitative estimate of drug-likeness (QED) is 0.534. The Bertz CT molecular complexity index is 1080. The minimum absolute atomic E-state index is 0.0116. The van der Waals surface area contributed by atoms with E-state index in [-0.39, 0.29) is 10.9 Å². The first-order valence-corrected chi connectivity index (χ1v) is 11.3. The predicted molar refractivity (Wildman–Crippen MR) is 119 cm³/mol. The molecule has 0 fully saturated rings. The number of allylic oxidation sites excluding steroid dienone is 2. The molecule has 0 radical (unpaired) electrons. The van der Waals surface area contributed by atoms with Crippen LogP contribution in [0.25, 0.3) is 0 Å². The third kappa shape index (κ3) is 6.85. The van der Waals surface area contributed by atoms with E-state index in [0.29, 0.717) is 25.0 Å². The van der Waals surface area contributed by atoms with Crippen molar-refractivity contribution in [3.8, 4) is 0 Å². The second-order valence-corrected chi connectivity index (χ2v) is 8.69. The van der Waals surface area contributed by atoms with Gasteiger partial charge in [-0.05, 0) is 55.2 Å². The predicted octanol–water partition coefficient (Wildman–Crippen LogP) is 3.63. The van der Waals surface area contributed by atoms with Crippen LogP contribution >= 0.6 is 0 Å². The van der Waals surface area contributed by atoms with Crippen LogP contribution < -0.4 is 5.73 Å². The lowest BCUT2D eigenvalue weighted by molar-refractivity contribution is -0.142. The second kappa shape index (κ2) is 10.5. The lowest BCUT2D eigenvalue weighted by atomic mass is 9.84. The number of aryl methyl sites for hydroxylation is 1. The third-order valence-corrected chi connectivity index (χ3v) is 5.93. The highest BCUT2D eigenvalue weighted by atomic mass is 32.2. The number of ether oxygens (including phenoxy) is 1. The molecule has 2 aromatic rings. The zero-order valence-electron chi connectivity index (χ0n) is 17.9. The first-order valence-electron chi connectivity index (χ1n) is 9.84. The van der Waals surface area contributed by atoms with E-state index in [1.54, 1.807) is 39.1 Å². The molecular formula is C23H28N2O5S. The highest BCUT2D eigenvalue weighted by Crippen LogP contribution is 2.29. The van der Waals surface area contributed by atoms with Gasteiger partial charge in [0.05, 0.1) is 16.1 Å². The molecule has 0 spiro atoms. The van der Waals surface area contributed by atoms with Gasteiger partial charge in [-0.3, -0.25) is 14.3 Å². The Labute approximate surface area is 183 Å². The van der Waals surface area contributed by atoms with Gasteiger partial charge < -0.3 is 10.5 Å². The number of nitrogens with zero attached hydrogens (tertiary/aromatic N) is 1. The number of rotatable bonds is 5. The van der Waals surface area contributed by atoms with Gasteiger partial charge in [-0.1, -0.05) is 43.4 Å². The number of aromatic nitrogens is 1. The Morgan fingerprint density at radius 2 is 1.97 bits per heavy atom. The molecule has 0 amide bonds. The SMILES string of the molecule is CCC(=O)OCC1=CC=CC(N)(c2ccccn2)C1.Cc1cccc(S(=O)(=O)O)c1C. The fourth-order valence-corrected chi connectivity index (χ4v) is 3.84. The summed E-state index contributed by atoms with van der Waals surface area (Å²) in [5, 5.41) is 0. The highest BCUT2D eigenvalue weighted by Gasteiger charge is 2.29. The molecule has 7 nitrogen and oxygen atoms in total. The molecule has 166 valence electrons. The molecule has 1 aromatic heterocycles. The van der Waals surface area contributed by atoms with Crippen LogP contribution in [0, 0.1) is 13.8 Å². The van der Waals surface area contributed by atoms with Crippen LogP contribution in [0.2, 0.25) is 0 Å². The van der Waals surface area contributed by atoms with Crippen molar-refractivity contribution in [1.82, 2.24) is 4.98 Å². The molecule has 8 heteroatoms. The van der Waals surface area contributed by atoms with Crippen LogP contribution in [0.4, 0.5) is 0 Å². The van der Waals surface area contributed by atoms with E-state index in [4.69, 9.17) is 15.0 Å². The van der Waals surface area contributed by atoms with Gasteiger partial charge >= 0.3 is 5.97 Å². The van der Waals surface area contributed by atoms with Crippen LogP contribution in [0.15, 0.2) is 71.3 Å². The van der Waals surface area contributed by atoms with Gasteiger partial charge in [-0.2, -0.15) is 8.42 Å². The van der Waals surface area contributed by atoms with E-state index in [1.807, 2.05) is 36.4 Å². The Balaban J connectivity index is 0.000000245. The smallest absolute Gasteiger partial charge is 0.305 e. The van der Waals surface area contributed by atoms with Gasteiger partial charge in [0.25, 0.3) is 10.1 Å². The average molecular weight is 445 g/mol. The summed E-state index contributed by atoms with van der Waals surface area (Å²) in [6.45, 7) is 5.53. The lowest BCUT2D eigenvalue weighted by Crippen LogP contribution is -2.37. The van der Waals surface area contributed by atoms with Crippen LogP contribution in [0.1, 0.15) is 36.6 Å². The van der Waals surface area contributed by atoms with Gasteiger partial charge in [0.1, 0.15) is 6.61 Å². The minimum Gasteiger partial charge on any atom is -0.461 e. The molecule has 0 bridgehead atoms. The van der Waals surface area contributed by atoms with Gasteiger partial charge in [0, 0.05) is 12.6 Å². The number of carbonyl (C=O) groups is 1. The van der Waals surface area contributed by atoms with E-state index in [0.717, 1.165) is 16.8 Å². The van der Waals surface area contributed by atoms with Crippen molar-refractivity contribution >= 4 is 16.1 Å². The zero-order chi connectivity index (χ0) is 23.1. The molecule has 31 heavy (non-hydrogen) atoms. The maximum Gasteiger partial charge on any atom is 0.305 e. The maximum absolute atomic E-state index is 11.2. The Kier molecular flexibility index (Phi) is 8.27. The number of benzene rings is 1. The van der Waals surface area contributed by atoms with Crippen LogP contribution in [0.3, 0.4) is 0 Å². The highest BCUT2D eigenvalue weighted by molar-refractivity contribution is 7.85. The first kappa shape index (κ1) is 24.5. The van der Waals surface area contributed by atoms with E-state index < -0.39 is 15.7 Å². The lowest BCUT2D eigenvalue weighted by Gasteiger charge is -2.29.